The summed E-state index contributed by atoms with van der Waals surface area (Å²) in [6, 6.07) is 5.32. The first-order chi connectivity index (χ1) is 12.1. The minimum absolute atomic E-state index is 0.0256. The third-order valence-electron chi connectivity index (χ3n) is 4.53. The summed E-state index contributed by atoms with van der Waals surface area (Å²) in [5.74, 6) is 0.589. The lowest BCUT2D eigenvalue weighted by atomic mass is 9.96. The number of amides is 2. The Morgan fingerprint density at radius 1 is 1.36 bits per heavy atom. The van der Waals surface area contributed by atoms with Crippen molar-refractivity contribution in [3.05, 3.63) is 23.9 Å². The summed E-state index contributed by atoms with van der Waals surface area (Å²) in [7, 11) is 0. The van der Waals surface area contributed by atoms with Crippen molar-refractivity contribution < 1.29 is 14.7 Å². The van der Waals surface area contributed by atoms with Gasteiger partial charge in [0.05, 0.1) is 12.5 Å². The van der Waals surface area contributed by atoms with Crippen LogP contribution in [0.5, 0.6) is 0 Å². The molecule has 0 aliphatic carbocycles. The molecule has 138 valence electrons. The number of aliphatic hydroxyl groups is 1. The SMILES string of the molecule is CCN(CC)C(=O)C1CCCN(c2cccc(C(=O)NCCO)n2)C1. The molecule has 0 spiro atoms. The van der Waals surface area contributed by atoms with Crippen LogP contribution in [0.3, 0.4) is 0 Å². The molecule has 2 amide bonds. The molecule has 7 heteroatoms. The fourth-order valence-electron chi connectivity index (χ4n) is 3.17. The number of rotatable bonds is 7. The molecular weight excluding hydrogens is 320 g/mol. The van der Waals surface area contributed by atoms with E-state index < -0.39 is 0 Å². The van der Waals surface area contributed by atoms with Gasteiger partial charge in [-0.3, -0.25) is 9.59 Å². The Kier molecular flexibility index (Phi) is 7.18. The summed E-state index contributed by atoms with van der Waals surface area (Å²) < 4.78 is 0. The van der Waals surface area contributed by atoms with E-state index in [1.807, 2.05) is 24.8 Å². The average Bonchev–Trinajstić information content (AvgIpc) is 2.67. The van der Waals surface area contributed by atoms with E-state index in [-0.39, 0.29) is 30.9 Å². The summed E-state index contributed by atoms with van der Waals surface area (Å²) >= 11 is 0. The number of carbonyl (C=O) groups is 2. The minimum Gasteiger partial charge on any atom is -0.395 e. The fourth-order valence-corrected chi connectivity index (χ4v) is 3.17. The quantitative estimate of drug-likeness (QED) is 0.764. The van der Waals surface area contributed by atoms with Gasteiger partial charge in [0.15, 0.2) is 0 Å². The standard InChI is InChI=1S/C18H28N4O3/c1-3-21(4-2)18(25)14-7-6-11-22(13-14)16-9-5-8-15(20-16)17(24)19-10-12-23/h5,8-9,14,23H,3-4,6-7,10-13H2,1-2H3,(H,19,24). The van der Waals surface area contributed by atoms with Crippen LogP contribution in [0.1, 0.15) is 37.2 Å². The van der Waals surface area contributed by atoms with Crippen LogP contribution in [0.25, 0.3) is 0 Å². The van der Waals surface area contributed by atoms with Gasteiger partial charge in [-0.25, -0.2) is 4.98 Å². The Morgan fingerprint density at radius 3 is 2.80 bits per heavy atom. The van der Waals surface area contributed by atoms with E-state index in [2.05, 4.69) is 15.2 Å². The van der Waals surface area contributed by atoms with Crippen molar-refractivity contribution in [1.82, 2.24) is 15.2 Å². The molecule has 1 fully saturated rings. The van der Waals surface area contributed by atoms with E-state index >= 15 is 0 Å². The van der Waals surface area contributed by atoms with Gasteiger partial charge in [-0.1, -0.05) is 6.07 Å². The highest BCUT2D eigenvalue weighted by molar-refractivity contribution is 5.92. The topological polar surface area (TPSA) is 85.8 Å². The van der Waals surface area contributed by atoms with Gasteiger partial charge in [0, 0.05) is 32.7 Å². The highest BCUT2D eigenvalue weighted by atomic mass is 16.3. The largest absolute Gasteiger partial charge is 0.395 e. The van der Waals surface area contributed by atoms with Crippen LogP contribution >= 0.6 is 0 Å². The van der Waals surface area contributed by atoms with Crippen LogP contribution in [0.2, 0.25) is 0 Å². The summed E-state index contributed by atoms with van der Waals surface area (Å²) in [6.45, 7) is 7.01. The maximum atomic E-state index is 12.6. The van der Waals surface area contributed by atoms with E-state index in [0.29, 0.717) is 18.1 Å². The molecule has 1 aliphatic rings. The number of hydrogen-bond donors (Lipinski definition) is 2. The van der Waals surface area contributed by atoms with E-state index in [9.17, 15) is 9.59 Å². The Balaban J connectivity index is 2.08. The maximum Gasteiger partial charge on any atom is 0.270 e. The maximum absolute atomic E-state index is 12.6. The fraction of sp³-hybridized carbons (Fsp3) is 0.611. The third kappa shape index (κ3) is 4.92. The van der Waals surface area contributed by atoms with Gasteiger partial charge in [0.25, 0.3) is 5.91 Å². The molecule has 7 nitrogen and oxygen atoms in total. The van der Waals surface area contributed by atoms with Crippen molar-refractivity contribution in [2.24, 2.45) is 5.92 Å². The predicted octanol–water partition coefficient (Wildman–Crippen LogP) is 0.889. The lowest BCUT2D eigenvalue weighted by molar-refractivity contribution is -0.135. The zero-order valence-electron chi connectivity index (χ0n) is 15.1. The summed E-state index contributed by atoms with van der Waals surface area (Å²) in [5, 5.41) is 11.4. The second-order valence-electron chi connectivity index (χ2n) is 6.16. The van der Waals surface area contributed by atoms with Crippen molar-refractivity contribution in [3.8, 4) is 0 Å². The molecule has 0 bridgehead atoms. The van der Waals surface area contributed by atoms with Crippen molar-refractivity contribution in [3.63, 3.8) is 0 Å². The number of nitrogens with one attached hydrogen (secondary N) is 1. The number of piperidine rings is 1. The van der Waals surface area contributed by atoms with Crippen molar-refractivity contribution in [2.45, 2.75) is 26.7 Å². The second kappa shape index (κ2) is 9.36. The van der Waals surface area contributed by atoms with Crippen LogP contribution in [-0.2, 0) is 4.79 Å². The van der Waals surface area contributed by atoms with Gasteiger partial charge in [-0.2, -0.15) is 0 Å². The number of aliphatic hydroxyl groups excluding tert-OH is 1. The summed E-state index contributed by atoms with van der Waals surface area (Å²) in [4.78, 5) is 33.0. The zero-order valence-corrected chi connectivity index (χ0v) is 15.1. The molecule has 25 heavy (non-hydrogen) atoms. The summed E-state index contributed by atoms with van der Waals surface area (Å²) in [5.41, 5.74) is 0.322. The molecule has 1 aromatic rings. The van der Waals surface area contributed by atoms with Crippen LogP contribution in [0, 0.1) is 5.92 Å². The normalized spacial score (nSPS) is 17.2. The third-order valence-corrected chi connectivity index (χ3v) is 4.53. The first-order valence-electron chi connectivity index (χ1n) is 9.00. The van der Waals surface area contributed by atoms with E-state index in [1.165, 1.54) is 0 Å². The molecule has 1 aliphatic heterocycles. The smallest absolute Gasteiger partial charge is 0.270 e. The molecule has 1 saturated heterocycles. The molecule has 2 heterocycles. The van der Waals surface area contributed by atoms with Crippen LogP contribution in [-0.4, -0.2) is 66.1 Å². The molecule has 2 rings (SSSR count). The highest BCUT2D eigenvalue weighted by Crippen LogP contribution is 2.23. The lowest BCUT2D eigenvalue weighted by Gasteiger charge is -2.35. The van der Waals surface area contributed by atoms with Gasteiger partial charge < -0.3 is 20.2 Å². The summed E-state index contributed by atoms with van der Waals surface area (Å²) in [6.07, 6.45) is 1.82. The van der Waals surface area contributed by atoms with Gasteiger partial charge >= 0.3 is 0 Å². The van der Waals surface area contributed by atoms with Gasteiger partial charge in [-0.05, 0) is 38.8 Å². The van der Waals surface area contributed by atoms with Crippen LogP contribution in [0.4, 0.5) is 5.82 Å². The molecular formula is C18H28N4O3. The number of nitrogens with zero attached hydrogens (tertiary/aromatic N) is 3. The Bertz CT molecular complexity index is 589. The van der Waals surface area contributed by atoms with E-state index in [0.717, 1.165) is 32.5 Å². The molecule has 1 atom stereocenters. The predicted molar refractivity (Wildman–Crippen MR) is 96.5 cm³/mol. The number of aromatic nitrogens is 1. The Hall–Kier alpha value is -2.15. The van der Waals surface area contributed by atoms with Gasteiger partial charge in [0.1, 0.15) is 11.5 Å². The number of anilines is 1. The molecule has 0 radical (unpaired) electrons. The van der Waals surface area contributed by atoms with Crippen molar-refractivity contribution in [2.75, 3.05) is 44.2 Å². The molecule has 1 unspecified atom stereocenters. The van der Waals surface area contributed by atoms with Crippen molar-refractivity contribution in [1.29, 1.82) is 0 Å². The monoisotopic (exact) mass is 348 g/mol. The first-order valence-corrected chi connectivity index (χ1v) is 9.00. The molecule has 0 aromatic carbocycles. The van der Waals surface area contributed by atoms with E-state index in [4.69, 9.17) is 5.11 Å². The average molecular weight is 348 g/mol. The molecule has 2 N–H and O–H groups in total. The molecule has 1 aromatic heterocycles. The Morgan fingerprint density at radius 2 is 2.12 bits per heavy atom. The van der Waals surface area contributed by atoms with Crippen LogP contribution in [0.15, 0.2) is 18.2 Å². The molecule has 0 saturated carbocycles. The number of hydrogen-bond acceptors (Lipinski definition) is 5. The van der Waals surface area contributed by atoms with Gasteiger partial charge in [0.2, 0.25) is 5.91 Å². The Labute approximate surface area is 149 Å². The first kappa shape index (κ1) is 19.2. The number of pyridine rings is 1. The van der Waals surface area contributed by atoms with Crippen molar-refractivity contribution >= 4 is 17.6 Å². The van der Waals surface area contributed by atoms with Gasteiger partial charge in [-0.15, -0.1) is 0 Å². The lowest BCUT2D eigenvalue weighted by Crippen LogP contribution is -2.45. The van der Waals surface area contributed by atoms with Crippen LogP contribution < -0.4 is 10.2 Å². The highest BCUT2D eigenvalue weighted by Gasteiger charge is 2.29. The minimum atomic E-state index is -0.302. The zero-order chi connectivity index (χ0) is 18.2. The number of carbonyl (C=O) groups excluding carboxylic acids is 2. The second-order valence-corrected chi connectivity index (χ2v) is 6.16. The van der Waals surface area contributed by atoms with E-state index in [1.54, 1.807) is 12.1 Å².